The van der Waals surface area contributed by atoms with E-state index in [-0.39, 0.29) is 11.8 Å². The molecule has 0 saturated carbocycles. The second kappa shape index (κ2) is 13.5. The minimum absolute atomic E-state index is 0.0589. The van der Waals surface area contributed by atoms with Gasteiger partial charge in [-0.3, -0.25) is 9.59 Å². The molecular formula is C34H41N3O3. The summed E-state index contributed by atoms with van der Waals surface area (Å²) in [6.07, 6.45) is 7.47. The summed E-state index contributed by atoms with van der Waals surface area (Å²) in [7, 11) is 0. The Morgan fingerprint density at radius 1 is 0.900 bits per heavy atom. The number of hydrogen-bond acceptors (Lipinski definition) is 4. The summed E-state index contributed by atoms with van der Waals surface area (Å²) in [5.41, 5.74) is 4.24. The number of nitrogens with one attached hydrogen (secondary N) is 1. The lowest BCUT2D eigenvalue weighted by atomic mass is 9.89. The Hall–Kier alpha value is -3.80. The highest BCUT2D eigenvalue weighted by Gasteiger charge is 2.27. The number of carbonyl (C=O) groups is 2. The third kappa shape index (κ3) is 7.04. The predicted molar refractivity (Wildman–Crippen MR) is 161 cm³/mol. The number of piperidine rings is 1. The van der Waals surface area contributed by atoms with Crippen LogP contribution in [0.25, 0.3) is 0 Å². The van der Waals surface area contributed by atoms with Gasteiger partial charge in [0, 0.05) is 43.1 Å². The van der Waals surface area contributed by atoms with Gasteiger partial charge in [-0.05, 0) is 92.5 Å². The number of benzene rings is 3. The van der Waals surface area contributed by atoms with Crippen molar-refractivity contribution in [3.63, 3.8) is 0 Å². The van der Waals surface area contributed by atoms with E-state index in [1.807, 2.05) is 35.2 Å². The molecule has 3 aromatic carbocycles. The lowest BCUT2D eigenvalue weighted by Crippen LogP contribution is -2.36. The summed E-state index contributed by atoms with van der Waals surface area (Å²) in [6, 6.07) is 23.7. The average molecular weight is 540 g/mol. The standard InChI is InChI=1S/C34H41N3O3/c1-2-3-23-40-30-14-11-28(12-15-30)33(38)35-29-13-16-32(31(25-29)34(39)37-19-7-8-20-37)36-21-17-27(18-22-36)24-26-9-5-4-6-10-26/h4-6,9-16,25,27H,2-3,7-8,17-24H2,1H3,(H,35,38). The van der Waals surface area contributed by atoms with Gasteiger partial charge in [-0.1, -0.05) is 43.7 Å². The van der Waals surface area contributed by atoms with E-state index in [1.165, 1.54) is 5.56 Å². The van der Waals surface area contributed by atoms with Crippen LogP contribution in [0.5, 0.6) is 5.75 Å². The molecule has 0 atom stereocenters. The molecule has 2 aliphatic heterocycles. The summed E-state index contributed by atoms with van der Waals surface area (Å²) >= 11 is 0. The van der Waals surface area contributed by atoms with Crippen molar-refractivity contribution in [2.24, 2.45) is 5.92 Å². The van der Waals surface area contributed by atoms with Gasteiger partial charge in [0.25, 0.3) is 11.8 Å². The van der Waals surface area contributed by atoms with E-state index in [2.05, 4.69) is 47.5 Å². The minimum atomic E-state index is -0.200. The van der Waals surface area contributed by atoms with Crippen molar-refractivity contribution >= 4 is 23.2 Å². The second-order valence-electron chi connectivity index (χ2n) is 11.0. The van der Waals surface area contributed by atoms with Crippen LogP contribution < -0.4 is 15.0 Å². The number of unbranched alkanes of at least 4 members (excludes halogenated alkanes) is 1. The molecule has 0 aromatic heterocycles. The molecular weight excluding hydrogens is 498 g/mol. The van der Waals surface area contributed by atoms with Crippen LogP contribution in [0.4, 0.5) is 11.4 Å². The maximum atomic E-state index is 13.6. The summed E-state index contributed by atoms with van der Waals surface area (Å²) < 4.78 is 5.72. The SMILES string of the molecule is CCCCOc1ccc(C(=O)Nc2ccc(N3CCC(Cc4ccccc4)CC3)c(C(=O)N3CCCC3)c2)cc1. The van der Waals surface area contributed by atoms with E-state index in [0.29, 0.717) is 29.3 Å². The zero-order chi connectivity index (χ0) is 27.7. The highest BCUT2D eigenvalue weighted by atomic mass is 16.5. The van der Waals surface area contributed by atoms with Crippen LogP contribution in [-0.4, -0.2) is 49.5 Å². The van der Waals surface area contributed by atoms with Gasteiger partial charge in [-0.15, -0.1) is 0 Å². The average Bonchev–Trinajstić information content (AvgIpc) is 3.54. The third-order valence-electron chi connectivity index (χ3n) is 8.08. The Morgan fingerprint density at radius 2 is 1.62 bits per heavy atom. The number of amides is 2. The summed E-state index contributed by atoms with van der Waals surface area (Å²) in [6.45, 7) is 6.24. The van der Waals surface area contributed by atoms with Crippen LogP contribution in [0, 0.1) is 5.92 Å². The van der Waals surface area contributed by atoms with Gasteiger partial charge in [0.05, 0.1) is 12.2 Å². The highest BCUT2D eigenvalue weighted by molar-refractivity contribution is 6.06. The first-order valence-electron chi connectivity index (χ1n) is 14.9. The van der Waals surface area contributed by atoms with Crippen molar-refractivity contribution < 1.29 is 14.3 Å². The maximum absolute atomic E-state index is 13.6. The first-order valence-corrected chi connectivity index (χ1v) is 14.9. The van der Waals surface area contributed by atoms with Gasteiger partial charge < -0.3 is 19.9 Å². The van der Waals surface area contributed by atoms with Gasteiger partial charge in [0.15, 0.2) is 0 Å². The monoisotopic (exact) mass is 539 g/mol. The number of rotatable bonds is 10. The molecule has 0 radical (unpaired) electrons. The molecule has 2 amide bonds. The Kier molecular flexibility index (Phi) is 9.38. The fourth-order valence-corrected chi connectivity index (χ4v) is 5.72. The first kappa shape index (κ1) is 27.8. The predicted octanol–water partition coefficient (Wildman–Crippen LogP) is 6.81. The lowest BCUT2D eigenvalue weighted by Gasteiger charge is -2.35. The topological polar surface area (TPSA) is 61.9 Å². The third-order valence-corrected chi connectivity index (χ3v) is 8.08. The van der Waals surface area contributed by atoms with E-state index < -0.39 is 0 Å². The molecule has 6 heteroatoms. The number of carbonyl (C=O) groups excluding carboxylic acids is 2. The largest absolute Gasteiger partial charge is 0.494 e. The fraction of sp³-hybridized carbons (Fsp3) is 0.412. The van der Waals surface area contributed by atoms with Gasteiger partial charge in [-0.25, -0.2) is 0 Å². The number of hydrogen-bond donors (Lipinski definition) is 1. The minimum Gasteiger partial charge on any atom is -0.494 e. The van der Waals surface area contributed by atoms with E-state index in [4.69, 9.17) is 4.74 Å². The normalized spacial score (nSPS) is 15.7. The smallest absolute Gasteiger partial charge is 0.256 e. The number of likely N-dealkylation sites (tertiary alicyclic amines) is 1. The van der Waals surface area contributed by atoms with Crippen molar-refractivity contribution in [1.29, 1.82) is 0 Å². The highest BCUT2D eigenvalue weighted by Crippen LogP contribution is 2.32. The molecule has 3 aromatic rings. The Balaban J connectivity index is 1.28. The quantitative estimate of drug-likeness (QED) is 0.288. The van der Waals surface area contributed by atoms with Crippen molar-refractivity contribution in [3.05, 3.63) is 89.5 Å². The van der Waals surface area contributed by atoms with Crippen LogP contribution >= 0.6 is 0 Å². The molecule has 2 fully saturated rings. The molecule has 1 N–H and O–H groups in total. The fourth-order valence-electron chi connectivity index (χ4n) is 5.72. The summed E-state index contributed by atoms with van der Waals surface area (Å²) in [5.74, 6) is 1.27. The van der Waals surface area contributed by atoms with Crippen molar-refractivity contribution in [2.75, 3.05) is 43.0 Å². The zero-order valence-electron chi connectivity index (χ0n) is 23.6. The molecule has 0 aliphatic carbocycles. The lowest BCUT2D eigenvalue weighted by molar-refractivity contribution is 0.0793. The van der Waals surface area contributed by atoms with Crippen molar-refractivity contribution in [3.8, 4) is 5.75 Å². The Bertz CT molecular complexity index is 1260. The van der Waals surface area contributed by atoms with Crippen LogP contribution in [0.2, 0.25) is 0 Å². The van der Waals surface area contributed by atoms with E-state index in [0.717, 1.165) is 82.6 Å². The summed E-state index contributed by atoms with van der Waals surface area (Å²) in [5, 5.41) is 3.01. The van der Waals surface area contributed by atoms with E-state index in [1.54, 1.807) is 12.1 Å². The molecule has 2 aliphatic rings. The zero-order valence-corrected chi connectivity index (χ0v) is 23.6. The van der Waals surface area contributed by atoms with Crippen molar-refractivity contribution in [2.45, 2.75) is 51.9 Å². The molecule has 0 unspecified atom stereocenters. The molecule has 40 heavy (non-hydrogen) atoms. The van der Waals surface area contributed by atoms with Gasteiger partial charge in [-0.2, -0.15) is 0 Å². The number of nitrogens with zero attached hydrogens (tertiary/aromatic N) is 2. The van der Waals surface area contributed by atoms with Gasteiger partial charge in [0.2, 0.25) is 0 Å². The Labute approximate surface area is 238 Å². The number of ether oxygens (including phenoxy) is 1. The molecule has 0 bridgehead atoms. The van der Waals surface area contributed by atoms with E-state index in [9.17, 15) is 9.59 Å². The molecule has 6 nitrogen and oxygen atoms in total. The van der Waals surface area contributed by atoms with Crippen LogP contribution in [0.3, 0.4) is 0 Å². The molecule has 5 rings (SSSR count). The van der Waals surface area contributed by atoms with Crippen LogP contribution in [-0.2, 0) is 6.42 Å². The second-order valence-corrected chi connectivity index (χ2v) is 11.0. The molecule has 210 valence electrons. The van der Waals surface area contributed by atoms with Crippen LogP contribution in [0.1, 0.15) is 71.7 Å². The Morgan fingerprint density at radius 3 is 2.33 bits per heavy atom. The van der Waals surface area contributed by atoms with E-state index >= 15 is 0 Å². The van der Waals surface area contributed by atoms with Crippen molar-refractivity contribution in [1.82, 2.24) is 4.90 Å². The van der Waals surface area contributed by atoms with Gasteiger partial charge >= 0.3 is 0 Å². The molecule has 2 saturated heterocycles. The molecule has 2 heterocycles. The maximum Gasteiger partial charge on any atom is 0.256 e. The summed E-state index contributed by atoms with van der Waals surface area (Å²) in [4.78, 5) is 31.0. The first-order chi connectivity index (χ1) is 19.6. The van der Waals surface area contributed by atoms with Gasteiger partial charge in [0.1, 0.15) is 5.75 Å². The number of anilines is 2. The van der Waals surface area contributed by atoms with Crippen LogP contribution in [0.15, 0.2) is 72.8 Å². The molecule has 0 spiro atoms.